The summed E-state index contributed by atoms with van der Waals surface area (Å²) >= 11 is 0. The van der Waals surface area contributed by atoms with Gasteiger partial charge in [0.25, 0.3) is 0 Å². The van der Waals surface area contributed by atoms with Crippen LogP contribution in [0.15, 0.2) is 79.1 Å². The monoisotopic (exact) mass is 357 g/mol. The number of fused-ring (bicyclic) bond motifs is 1. The predicted octanol–water partition coefficient (Wildman–Crippen LogP) is 5.05. The minimum Gasteiger partial charge on any atom is -0.492 e. The predicted molar refractivity (Wildman–Crippen MR) is 110 cm³/mol. The number of hydrogen-bond acceptors (Lipinski definition) is 3. The van der Waals surface area contributed by atoms with Gasteiger partial charge < -0.3 is 14.5 Å². The lowest BCUT2D eigenvalue weighted by molar-refractivity contribution is 0.333. The quantitative estimate of drug-likeness (QED) is 0.470. The van der Waals surface area contributed by atoms with Crippen molar-refractivity contribution >= 4 is 11.3 Å². The summed E-state index contributed by atoms with van der Waals surface area (Å²) in [6, 6.07) is 22.6. The van der Waals surface area contributed by atoms with Crippen molar-refractivity contribution in [2.24, 2.45) is 0 Å². The number of rotatable bonds is 7. The molecule has 0 bridgehead atoms. The highest BCUT2D eigenvalue weighted by Crippen LogP contribution is 2.22. The van der Waals surface area contributed by atoms with Crippen LogP contribution in [0.25, 0.3) is 16.9 Å². The van der Waals surface area contributed by atoms with Crippen LogP contribution in [0.3, 0.4) is 0 Å². The third-order valence-corrected chi connectivity index (χ3v) is 4.58. The summed E-state index contributed by atoms with van der Waals surface area (Å²) in [6.07, 6.45) is 5.11. The van der Waals surface area contributed by atoms with Crippen molar-refractivity contribution in [3.8, 4) is 17.0 Å². The van der Waals surface area contributed by atoms with Crippen LogP contribution in [0.5, 0.6) is 5.75 Å². The van der Waals surface area contributed by atoms with Crippen LogP contribution in [0.4, 0.5) is 5.69 Å². The summed E-state index contributed by atoms with van der Waals surface area (Å²) in [4.78, 5) is 4.65. The van der Waals surface area contributed by atoms with E-state index in [0.29, 0.717) is 6.61 Å². The molecule has 0 aliphatic carbocycles. The van der Waals surface area contributed by atoms with Gasteiger partial charge in [0.05, 0.1) is 5.69 Å². The van der Waals surface area contributed by atoms with Gasteiger partial charge in [0, 0.05) is 30.2 Å². The van der Waals surface area contributed by atoms with Gasteiger partial charge in [0.1, 0.15) is 18.0 Å². The van der Waals surface area contributed by atoms with Crippen molar-refractivity contribution in [3.05, 3.63) is 84.7 Å². The first-order valence-corrected chi connectivity index (χ1v) is 9.31. The van der Waals surface area contributed by atoms with Gasteiger partial charge in [-0.05, 0) is 60.5 Å². The molecular formula is C23H23N3O. The Labute approximate surface area is 159 Å². The van der Waals surface area contributed by atoms with E-state index in [0.717, 1.165) is 41.3 Å². The Morgan fingerprint density at radius 3 is 2.52 bits per heavy atom. The lowest BCUT2D eigenvalue weighted by Crippen LogP contribution is -2.11. The Morgan fingerprint density at radius 2 is 1.78 bits per heavy atom. The third-order valence-electron chi connectivity index (χ3n) is 4.58. The fourth-order valence-electron chi connectivity index (χ4n) is 3.02. The van der Waals surface area contributed by atoms with Gasteiger partial charge in [0.2, 0.25) is 0 Å². The van der Waals surface area contributed by atoms with Crippen molar-refractivity contribution in [2.45, 2.75) is 13.3 Å². The molecule has 27 heavy (non-hydrogen) atoms. The second kappa shape index (κ2) is 7.96. The molecule has 1 N–H and O–H groups in total. The highest BCUT2D eigenvalue weighted by molar-refractivity contribution is 5.63. The summed E-state index contributed by atoms with van der Waals surface area (Å²) in [7, 11) is 0. The highest BCUT2D eigenvalue weighted by atomic mass is 16.5. The topological polar surface area (TPSA) is 38.6 Å². The molecule has 0 saturated carbocycles. The van der Waals surface area contributed by atoms with Gasteiger partial charge in [-0.3, -0.25) is 0 Å². The van der Waals surface area contributed by atoms with Gasteiger partial charge in [-0.2, -0.15) is 0 Å². The summed E-state index contributed by atoms with van der Waals surface area (Å²) in [6.45, 7) is 3.54. The average Bonchev–Trinajstić information content (AvgIpc) is 3.16. The van der Waals surface area contributed by atoms with Gasteiger partial charge in [-0.1, -0.05) is 25.1 Å². The first kappa shape index (κ1) is 17.2. The molecule has 0 amide bonds. The Bertz CT molecular complexity index is 971. The second-order valence-electron chi connectivity index (χ2n) is 6.44. The first-order chi connectivity index (χ1) is 13.3. The SMILES string of the molecule is CCc1ccc(NCCOc2ccc(-c3cn4ccccc4n3)cc2)cc1. The minimum absolute atomic E-state index is 0.614. The zero-order valence-corrected chi connectivity index (χ0v) is 15.4. The van der Waals surface area contributed by atoms with E-state index in [1.165, 1.54) is 5.56 Å². The molecule has 0 atom stereocenters. The molecule has 0 unspecified atom stereocenters. The number of benzene rings is 2. The highest BCUT2D eigenvalue weighted by Gasteiger charge is 2.04. The fraction of sp³-hybridized carbons (Fsp3) is 0.174. The number of nitrogens with zero attached hydrogens (tertiary/aromatic N) is 2. The van der Waals surface area contributed by atoms with Crippen LogP contribution < -0.4 is 10.1 Å². The molecular weight excluding hydrogens is 334 g/mol. The van der Waals surface area contributed by atoms with Crippen LogP contribution in [0, 0.1) is 0 Å². The maximum absolute atomic E-state index is 5.83. The molecule has 4 rings (SSSR count). The number of aryl methyl sites for hydroxylation is 1. The van der Waals surface area contributed by atoms with Crippen LogP contribution in [0.2, 0.25) is 0 Å². The normalized spacial score (nSPS) is 10.9. The molecule has 2 heterocycles. The van der Waals surface area contributed by atoms with Crippen molar-refractivity contribution < 1.29 is 4.74 Å². The fourth-order valence-corrected chi connectivity index (χ4v) is 3.02. The van der Waals surface area contributed by atoms with E-state index in [2.05, 4.69) is 41.5 Å². The van der Waals surface area contributed by atoms with Crippen molar-refractivity contribution in [1.29, 1.82) is 0 Å². The molecule has 0 aliphatic rings. The minimum atomic E-state index is 0.614. The number of ether oxygens (including phenoxy) is 1. The molecule has 0 spiro atoms. The Hall–Kier alpha value is -3.27. The van der Waals surface area contributed by atoms with Gasteiger partial charge >= 0.3 is 0 Å². The number of aromatic nitrogens is 2. The maximum atomic E-state index is 5.83. The molecule has 4 nitrogen and oxygen atoms in total. The largest absolute Gasteiger partial charge is 0.492 e. The molecule has 136 valence electrons. The summed E-state index contributed by atoms with van der Waals surface area (Å²) in [5, 5.41) is 3.38. The molecule has 2 aromatic carbocycles. The molecule has 4 aromatic rings. The molecule has 0 radical (unpaired) electrons. The summed E-state index contributed by atoms with van der Waals surface area (Å²) < 4.78 is 7.86. The van der Waals surface area contributed by atoms with Crippen LogP contribution in [-0.4, -0.2) is 22.5 Å². The zero-order valence-electron chi connectivity index (χ0n) is 15.4. The first-order valence-electron chi connectivity index (χ1n) is 9.31. The van der Waals surface area contributed by atoms with Crippen molar-refractivity contribution in [3.63, 3.8) is 0 Å². The lowest BCUT2D eigenvalue weighted by Gasteiger charge is -2.09. The van der Waals surface area contributed by atoms with Gasteiger partial charge in [0.15, 0.2) is 0 Å². The number of imidazole rings is 1. The van der Waals surface area contributed by atoms with Crippen LogP contribution in [-0.2, 0) is 6.42 Å². The van der Waals surface area contributed by atoms with E-state index < -0.39 is 0 Å². The zero-order chi connectivity index (χ0) is 18.5. The molecule has 4 heteroatoms. The van der Waals surface area contributed by atoms with E-state index in [1.54, 1.807) is 0 Å². The Morgan fingerprint density at radius 1 is 0.963 bits per heavy atom. The van der Waals surface area contributed by atoms with E-state index in [4.69, 9.17) is 4.74 Å². The number of pyridine rings is 1. The Balaban J connectivity index is 1.31. The lowest BCUT2D eigenvalue weighted by atomic mass is 10.1. The average molecular weight is 357 g/mol. The smallest absolute Gasteiger partial charge is 0.137 e. The maximum Gasteiger partial charge on any atom is 0.137 e. The third kappa shape index (κ3) is 4.11. The van der Waals surface area contributed by atoms with Crippen LogP contribution in [0.1, 0.15) is 12.5 Å². The van der Waals surface area contributed by atoms with Crippen molar-refractivity contribution in [1.82, 2.24) is 9.38 Å². The van der Waals surface area contributed by atoms with Crippen molar-refractivity contribution in [2.75, 3.05) is 18.5 Å². The summed E-state index contributed by atoms with van der Waals surface area (Å²) in [5.41, 5.74) is 5.47. The number of nitrogens with one attached hydrogen (secondary N) is 1. The number of anilines is 1. The standard InChI is InChI=1S/C23H23N3O/c1-2-18-6-10-20(11-7-18)24-14-16-27-21-12-8-19(9-13-21)22-17-26-15-4-3-5-23(26)25-22/h3-13,15,17,24H,2,14,16H2,1H3. The second-order valence-corrected chi connectivity index (χ2v) is 6.44. The summed E-state index contributed by atoms with van der Waals surface area (Å²) in [5.74, 6) is 0.866. The molecule has 0 saturated heterocycles. The molecule has 0 fully saturated rings. The van der Waals surface area contributed by atoms with Crippen LogP contribution >= 0.6 is 0 Å². The number of hydrogen-bond donors (Lipinski definition) is 1. The van der Waals surface area contributed by atoms with E-state index in [-0.39, 0.29) is 0 Å². The van der Waals surface area contributed by atoms with Gasteiger partial charge in [-0.25, -0.2) is 4.98 Å². The molecule has 2 aromatic heterocycles. The van der Waals surface area contributed by atoms with Gasteiger partial charge in [-0.15, -0.1) is 0 Å². The van der Waals surface area contributed by atoms with E-state index in [9.17, 15) is 0 Å². The molecule has 0 aliphatic heterocycles. The Kier molecular flexibility index (Phi) is 5.06. The van der Waals surface area contributed by atoms with E-state index >= 15 is 0 Å². The van der Waals surface area contributed by atoms with E-state index in [1.807, 2.05) is 59.3 Å².